The minimum atomic E-state index is -0.976. The Morgan fingerprint density at radius 1 is 1.12 bits per heavy atom. The number of nitrogens with zero attached hydrogens (tertiary/aromatic N) is 3. The van der Waals surface area contributed by atoms with Crippen LogP contribution < -0.4 is 10.1 Å². The maximum atomic E-state index is 12.8. The number of benzene rings is 2. The van der Waals surface area contributed by atoms with Crippen molar-refractivity contribution in [1.29, 1.82) is 0 Å². The molecule has 8 heteroatoms. The highest BCUT2D eigenvalue weighted by Gasteiger charge is 2.17. The summed E-state index contributed by atoms with van der Waals surface area (Å²) in [5.74, 6) is 0.619. The number of hydrogen-bond acceptors (Lipinski definition) is 5. The highest BCUT2D eigenvalue weighted by atomic mass is 35.5. The second-order valence-electron chi connectivity index (χ2n) is 8.02. The molecule has 2 aromatic carbocycles. The summed E-state index contributed by atoms with van der Waals surface area (Å²) in [6, 6.07) is 15.8. The molecule has 2 N–H and O–H groups in total. The van der Waals surface area contributed by atoms with Gasteiger partial charge in [-0.1, -0.05) is 29.8 Å². The first-order valence-electron chi connectivity index (χ1n) is 10.0. The predicted molar refractivity (Wildman–Crippen MR) is 124 cm³/mol. The van der Waals surface area contributed by atoms with Crippen LogP contribution in [-0.2, 0) is 5.60 Å². The third kappa shape index (κ3) is 4.30. The normalized spacial score (nSPS) is 11.6. The van der Waals surface area contributed by atoms with Crippen LogP contribution in [0.15, 0.2) is 54.6 Å². The molecule has 1 amide bonds. The number of methoxy groups -OCH3 is 1. The van der Waals surface area contributed by atoms with Gasteiger partial charge in [-0.25, -0.2) is 9.50 Å². The van der Waals surface area contributed by atoms with Crippen molar-refractivity contribution in [2.75, 3.05) is 12.4 Å². The van der Waals surface area contributed by atoms with Crippen LogP contribution in [0.5, 0.6) is 5.75 Å². The van der Waals surface area contributed by atoms with Gasteiger partial charge < -0.3 is 15.2 Å². The number of carbonyl (C=O) groups is 1. The number of amides is 1. The number of halogens is 1. The monoisotopic (exact) mass is 450 g/mol. The van der Waals surface area contributed by atoms with Crippen LogP contribution in [0.25, 0.3) is 16.9 Å². The average Bonchev–Trinajstić information content (AvgIpc) is 3.13. The van der Waals surface area contributed by atoms with Gasteiger partial charge in [0.05, 0.1) is 29.1 Å². The molecule has 7 nitrogen and oxygen atoms in total. The summed E-state index contributed by atoms with van der Waals surface area (Å²) in [4.78, 5) is 17.4. The van der Waals surface area contributed by atoms with Gasteiger partial charge >= 0.3 is 0 Å². The first-order valence-corrected chi connectivity index (χ1v) is 10.4. The third-order valence-electron chi connectivity index (χ3n) is 5.09. The lowest BCUT2D eigenvalue weighted by Crippen LogP contribution is -2.17. The molecule has 164 valence electrons. The Kier molecular flexibility index (Phi) is 5.62. The van der Waals surface area contributed by atoms with Crippen molar-refractivity contribution in [3.05, 3.63) is 76.4 Å². The Hall–Kier alpha value is -3.42. The van der Waals surface area contributed by atoms with Gasteiger partial charge in [-0.3, -0.25) is 4.79 Å². The molecular formula is C24H23ClN4O3. The molecule has 0 saturated heterocycles. The molecule has 0 bridgehead atoms. The summed E-state index contributed by atoms with van der Waals surface area (Å²) in [5.41, 5.74) is 3.14. The molecule has 0 aliphatic rings. The first kappa shape index (κ1) is 21.8. The van der Waals surface area contributed by atoms with Crippen molar-refractivity contribution in [1.82, 2.24) is 14.6 Å². The van der Waals surface area contributed by atoms with Crippen LogP contribution in [0, 0.1) is 6.92 Å². The quantitative estimate of drug-likeness (QED) is 0.454. The van der Waals surface area contributed by atoms with Gasteiger partial charge in [0, 0.05) is 23.3 Å². The van der Waals surface area contributed by atoms with Crippen LogP contribution in [0.3, 0.4) is 0 Å². The number of nitrogens with one attached hydrogen (secondary N) is 1. The van der Waals surface area contributed by atoms with Crippen molar-refractivity contribution >= 4 is 29.0 Å². The summed E-state index contributed by atoms with van der Waals surface area (Å²) >= 11 is 6.18. The van der Waals surface area contributed by atoms with E-state index < -0.39 is 5.60 Å². The molecule has 0 fully saturated rings. The fraction of sp³-hybridized carbons (Fsp3) is 0.208. The van der Waals surface area contributed by atoms with Gasteiger partial charge in [0.1, 0.15) is 11.6 Å². The van der Waals surface area contributed by atoms with Gasteiger partial charge in [0.25, 0.3) is 5.91 Å². The molecule has 32 heavy (non-hydrogen) atoms. The van der Waals surface area contributed by atoms with Crippen molar-refractivity contribution in [3.8, 4) is 17.0 Å². The van der Waals surface area contributed by atoms with Crippen LogP contribution in [0.1, 0.15) is 35.5 Å². The average molecular weight is 451 g/mol. The summed E-state index contributed by atoms with van der Waals surface area (Å²) in [5, 5.41) is 18.0. The SMILES string of the molecule is COc1cc(-c2cc(NC(=O)c3ccc(C(C)(C)O)cc3)nc3cc(C)nn23)ccc1Cl. The van der Waals surface area contributed by atoms with E-state index >= 15 is 0 Å². The zero-order valence-corrected chi connectivity index (χ0v) is 18.9. The topological polar surface area (TPSA) is 88.8 Å². The number of fused-ring (bicyclic) bond motifs is 1. The molecule has 0 radical (unpaired) electrons. The maximum absolute atomic E-state index is 12.8. The lowest BCUT2D eigenvalue weighted by molar-refractivity contribution is 0.0785. The third-order valence-corrected chi connectivity index (χ3v) is 5.40. The molecule has 4 aromatic rings. The maximum Gasteiger partial charge on any atom is 0.256 e. The lowest BCUT2D eigenvalue weighted by Gasteiger charge is -2.17. The van der Waals surface area contributed by atoms with E-state index in [4.69, 9.17) is 16.3 Å². The zero-order chi connectivity index (χ0) is 23.0. The van der Waals surface area contributed by atoms with Crippen molar-refractivity contribution in [3.63, 3.8) is 0 Å². The van der Waals surface area contributed by atoms with E-state index in [1.54, 1.807) is 61.9 Å². The highest BCUT2D eigenvalue weighted by Crippen LogP contribution is 2.31. The van der Waals surface area contributed by atoms with Crippen LogP contribution in [-0.4, -0.2) is 32.7 Å². The number of hydrogen-bond donors (Lipinski definition) is 2. The zero-order valence-electron chi connectivity index (χ0n) is 18.2. The van der Waals surface area contributed by atoms with Gasteiger partial charge in [-0.2, -0.15) is 5.10 Å². The summed E-state index contributed by atoms with van der Waals surface area (Å²) < 4.78 is 7.06. The molecular weight excluding hydrogens is 428 g/mol. The van der Waals surface area contributed by atoms with E-state index in [-0.39, 0.29) is 5.91 Å². The van der Waals surface area contributed by atoms with Crippen molar-refractivity contribution in [2.24, 2.45) is 0 Å². The first-order chi connectivity index (χ1) is 15.2. The van der Waals surface area contributed by atoms with Gasteiger partial charge in [0.2, 0.25) is 0 Å². The molecule has 0 aliphatic carbocycles. The Balaban J connectivity index is 1.72. The van der Waals surface area contributed by atoms with Crippen LogP contribution >= 0.6 is 11.6 Å². The molecule has 0 unspecified atom stereocenters. The Morgan fingerprint density at radius 3 is 2.50 bits per heavy atom. The van der Waals surface area contributed by atoms with Gasteiger partial charge in [-0.05, 0) is 50.6 Å². The number of aryl methyl sites for hydroxylation is 1. The van der Waals surface area contributed by atoms with Crippen LogP contribution in [0.2, 0.25) is 5.02 Å². The predicted octanol–water partition coefficient (Wildman–Crippen LogP) is 4.85. The van der Waals surface area contributed by atoms with E-state index in [0.717, 1.165) is 22.5 Å². The minimum Gasteiger partial charge on any atom is -0.495 e. The second-order valence-corrected chi connectivity index (χ2v) is 8.43. The van der Waals surface area contributed by atoms with Crippen molar-refractivity contribution in [2.45, 2.75) is 26.4 Å². The summed E-state index contributed by atoms with van der Waals surface area (Å²) in [6.45, 7) is 5.27. The number of aromatic nitrogens is 3. The summed E-state index contributed by atoms with van der Waals surface area (Å²) in [6.07, 6.45) is 0. The lowest BCUT2D eigenvalue weighted by atomic mass is 9.97. The Bertz CT molecular complexity index is 1310. The van der Waals surface area contributed by atoms with E-state index in [1.165, 1.54) is 0 Å². The highest BCUT2D eigenvalue weighted by molar-refractivity contribution is 6.32. The fourth-order valence-corrected chi connectivity index (χ4v) is 3.59. The van der Waals surface area contributed by atoms with E-state index in [0.29, 0.717) is 27.8 Å². The van der Waals surface area contributed by atoms with Crippen LogP contribution in [0.4, 0.5) is 5.82 Å². The Morgan fingerprint density at radius 2 is 1.84 bits per heavy atom. The minimum absolute atomic E-state index is 0.306. The molecule has 2 aromatic heterocycles. The van der Waals surface area contributed by atoms with E-state index in [1.807, 2.05) is 25.1 Å². The number of aliphatic hydroxyl groups is 1. The van der Waals surface area contributed by atoms with Gasteiger partial charge in [-0.15, -0.1) is 0 Å². The van der Waals surface area contributed by atoms with E-state index in [9.17, 15) is 9.90 Å². The molecule has 0 atom stereocenters. The molecule has 0 spiro atoms. The summed E-state index contributed by atoms with van der Waals surface area (Å²) in [7, 11) is 1.56. The molecule has 0 saturated carbocycles. The number of carbonyl (C=O) groups excluding carboxylic acids is 1. The molecule has 2 heterocycles. The standard InChI is InChI=1S/C24H23ClN4O3/c1-14-11-22-26-21(27-23(30)15-5-8-17(9-6-15)24(2,3)31)13-19(29(22)28-14)16-7-10-18(25)20(12-16)32-4/h5-13,31H,1-4H3,(H,26,27,30). The van der Waals surface area contributed by atoms with Gasteiger partial charge in [0.15, 0.2) is 5.65 Å². The second kappa shape index (κ2) is 8.26. The largest absolute Gasteiger partial charge is 0.495 e. The van der Waals surface area contributed by atoms with Crippen molar-refractivity contribution < 1.29 is 14.6 Å². The molecule has 4 rings (SSSR count). The van der Waals surface area contributed by atoms with E-state index in [2.05, 4.69) is 15.4 Å². The smallest absolute Gasteiger partial charge is 0.256 e. The molecule has 0 aliphatic heterocycles. The number of rotatable bonds is 5. The number of anilines is 1. The Labute approximate surface area is 190 Å². The fourth-order valence-electron chi connectivity index (χ4n) is 3.40. The number of ether oxygens (including phenoxy) is 1.